The predicted octanol–water partition coefficient (Wildman–Crippen LogP) is 6.13. The van der Waals surface area contributed by atoms with Crippen LogP contribution in [-0.4, -0.2) is 41.5 Å². The average molecular weight is 538 g/mol. The fourth-order valence-corrected chi connectivity index (χ4v) is 5.55. The molecule has 1 unspecified atom stereocenters. The highest BCUT2D eigenvalue weighted by Crippen LogP contribution is 2.49. The van der Waals surface area contributed by atoms with E-state index in [1.54, 1.807) is 18.0 Å². The Bertz CT molecular complexity index is 2080. The van der Waals surface area contributed by atoms with Crippen LogP contribution in [0.5, 0.6) is 17.5 Å². The number of aryl methyl sites for hydroxylation is 1. The standard InChI is InChI=1S/C32H23N7O2/c1-19-26-27(21-12-15-23(40-2)16-13-21)28-30-35-29(25-17-14-20-8-6-7-11-24(20)34-25)37-38(30)18-33-31(28)41-32(26)39(36-19)22-9-4-3-5-10-22/h3-18,27H,1-2H3. The van der Waals surface area contributed by atoms with Crippen LogP contribution in [0, 0.1) is 6.92 Å². The minimum atomic E-state index is -0.255. The van der Waals surface area contributed by atoms with Crippen molar-refractivity contribution in [1.29, 1.82) is 0 Å². The molecule has 0 saturated heterocycles. The third kappa shape index (κ3) is 3.66. The molecule has 0 spiro atoms. The quantitative estimate of drug-likeness (QED) is 0.267. The number of methoxy groups -OCH3 is 1. The molecule has 198 valence electrons. The topological polar surface area (TPSA) is 92.2 Å². The van der Waals surface area contributed by atoms with Crippen LogP contribution in [0.2, 0.25) is 0 Å². The van der Waals surface area contributed by atoms with Crippen LogP contribution in [0.1, 0.15) is 28.3 Å². The second kappa shape index (κ2) is 8.99. The largest absolute Gasteiger partial charge is 0.497 e. The summed E-state index contributed by atoms with van der Waals surface area (Å²) in [5.41, 5.74) is 6.80. The maximum Gasteiger partial charge on any atom is 0.230 e. The summed E-state index contributed by atoms with van der Waals surface area (Å²) in [6.45, 7) is 2.00. The van der Waals surface area contributed by atoms with Crippen molar-refractivity contribution in [3.63, 3.8) is 0 Å². The Balaban J connectivity index is 1.35. The Kier molecular flexibility index (Phi) is 5.11. The van der Waals surface area contributed by atoms with E-state index >= 15 is 0 Å². The summed E-state index contributed by atoms with van der Waals surface area (Å²) < 4.78 is 15.5. The normalized spacial score (nSPS) is 14.0. The summed E-state index contributed by atoms with van der Waals surface area (Å²) in [5.74, 6) is 2.14. The maximum absolute atomic E-state index is 6.53. The van der Waals surface area contributed by atoms with E-state index in [1.807, 2.05) is 90.5 Å². The molecule has 1 aliphatic rings. The molecule has 0 aliphatic carbocycles. The smallest absolute Gasteiger partial charge is 0.230 e. The molecule has 0 N–H and O–H groups in total. The molecular formula is C32H23N7O2. The van der Waals surface area contributed by atoms with Crippen LogP contribution < -0.4 is 9.47 Å². The van der Waals surface area contributed by atoms with E-state index < -0.39 is 0 Å². The van der Waals surface area contributed by atoms with Crippen molar-refractivity contribution >= 4 is 16.6 Å². The second-order valence-electron chi connectivity index (χ2n) is 9.92. The number of aromatic nitrogens is 7. The molecule has 3 aromatic carbocycles. The van der Waals surface area contributed by atoms with Crippen molar-refractivity contribution in [3.8, 4) is 34.7 Å². The van der Waals surface area contributed by atoms with Gasteiger partial charge in [-0.25, -0.2) is 24.1 Å². The second-order valence-corrected chi connectivity index (χ2v) is 9.92. The van der Waals surface area contributed by atoms with Gasteiger partial charge in [0.1, 0.15) is 17.8 Å². The van der Waals surface area contributed by atoms with Crippen molar-refractivity contribution in [2.75, 3.05) is 7.11 Å². The summed E-state index contributed by atoms with van der Waals surface area (Å²) >= 11 is 0. The molecule has 0 saturated carbocycles. The molecule has 9 heteroatoms. The Hall–Kier alpha value is -5.57. The van der Waals surface area contributed by atoms with Crippen LogP contribution in [-0.2, 0) is 0 Å². The van der Waals surface area contributed by atoms with Crippen LogP contribution in [0.15, 0.2) is 97.3 Å². The van der Waals surface area contributed by atoms with Gasteiger partial charge in [-0.05, 0) is 48.9 Å². The highest BCUT2D eigenvalue weighted by molar-refractivity contribution is 5.81. The monoisotopic (exact) mass is 537 g/mol. The number of fused-ring (bicyclic) bond motifs is 5. The van der Waals surface area contributed by atoms with Gasteiger partial charge in [0.15, 0.2) is 5.65 Å². The number of rotatable bonds is 4. The Morgan fingerprint density at radius 1 is 0.805 bits per heavy atom. The summed E-state index contributed by atoms with van der Waals surface area (Å²) in [6.07, 6.45) is 1.64. The first-order valence-corrected chi connectivity index (χ1v) is 13.3. The fourth-order valence-electron chi connectivity index (χ4n) is 5.55. The molecule has 9 nitrogen and oxygen atoms in total. The maximum atomic E-state index is 6.53. The molecular weight excluding hydrogens is 514 g/mol. The van der Waals surface area contributed by atoms with Gasteiger partial charge in [-0.3, -0.25) is 0 Å². The number of pyridine rings is 1. The molecule has 5 heterocycles. The lowest BCUT2D eigenvalue weighted by Crippen LogP contribution is -2.16. The van der Waals surface area contributed by atoms with Crippen LogP contribution >= 0.6 is 0 Å². The minimum Gasteiger partial charge on any atom is -0.497 e. The van der Waals surface area contributed by atoms with Crippen LogP contribution in [0.4, 0.5) is 0 Å². The van der Waals surface area contributed by atoms with E-state index in [4.69, 9.17) is 34.6 Å². The third-order valence-corrected chi connectivity index (χ3v) is 7.50. The molecule has 0 bridgehead atoms. The van der Waals surface area contributed by atoms with Gasteiger partial charge in [-0.1, -0.05) is 54.6 Å². The summed E-state index contributed by atoms with van der Waals surface area (Å²) in [5, 5.41) is 10.7. The number of para-hydroxylation sites is 2. The lowest BCUT2D eigenvalue weighted by Gasteiger charge is -2.26. The van der Waals surface area contributed by atoms with Crippen molar-refractivity contribution in [2.24, 2.45) is 0 Å². The van der Waals surface area contributed by atoms with Gasteiger partial charge < -0.3 is 9.47 Å². The van der Waals surface area contributed by atoms with Crippen LogP contribution in [0.3, 0.4) is 0 Å². The van der Waals surface area contributed by atoms with E-state index in [0.717, 1.165) is 44.7 Å². The molecule has 8 rings (SSSR count). The zero-order chi connectivity index (χ0) is 27.5. The van der Waals surface area contributed by atoms with Gasteiger partial charge in [0.05, 0.1) is 41.1 Å². The molecule has 1 atom stereocenters. The van der Waals surface area contributed by atoms with Crippen molar-refractivity contribution in [1.82, 2.24) is 34.3 Å². The third-order valence-electron chi connectivity index (χ3n) is 7.50. The molecule has 4 aromatic heterocycles. The zero-order valence-corrected chi connectivity index (χ0v) is 22.3. The first-order valence-electron chi connectivity index (χ1n) is 13.3. The van der Waals surface area contributed by atoms with E-state index in [2.05, 4.69) is 12.1 Å². The number of benzene rings is 3. The number of hydrogen-bond donors (Lipinski definition) is 0. The zero-order valence-electron chi connectivity index (χ0n) is 22.3. The Morgan fingerprint density at radius 3 is 2.44 bits per heavy atom. The molecule has 0 amide bonds. The molecule has 7 aromatic rings. The average Bonchev–Trinajstić information content (AvgIpc) is 3.61. The van der Waals surface area contributed by atoms with Gasteiger partial charge in [0.25, 0.3) is 0 Å². The van der Waals surface area contributed by atoms with Gasteiger partial charge >= 0.3 is 0 Å². The first kappa shape index (κ1) is 23.3. The fraction of sp³-hybridized carbons (Fsp3) is 0.0938. The summed E-state index contributed by atoms with van der Waals surface area (Å²) in [4.78, 5) is 14.5. The summed E-state index contributed by atoms with van der Waals surface area (Å²) in [7, 11) is 1.66. The van der Waals surface area contributed by atoms with Crippen LogP contribution in [0.25, 0.3) is 33.8 Å². The van der Waals surface area contributed by atoms with Gasteiger partial charge in [0.2, 0.25) is 17.6 Å². The van der Waals surface area contributed by atoms with E-state index in [1.165, 1.54) is 0 Å². The first-order chi connectivity index (χ1) is 20.2. The van der Waals surface area contributed by atoms with Gasteiger partial charge in [-0.15, -0.1) is 5.10 Å². The Labute approximate surface area is 234 Å². The highest BCUT2D eigenvalue weighted by Gasteiger charge is 2.38. The minimum absolute atomic E-state index is 0.255. The van der Waals surface area contributed by atoms with Gasteiger partial charge in [0, 0.05) is 5.39 Å². The predicted molar refractivity (Wildman–Crippen MR) is 154 cm³/mol. The Morgan fingerprint density at radius 2 is 1.61 bits per heavy atom. The molecule has 1 aliphatic heterocycles. The summed E-state index contributed by atoms with van der Waals surface area (Å²) in [6, 6.07) is 30.0. The van der Waals surface area contributed by atoms with Gasteiger partial charge in [-0.2, -0.15) is 5.10 Å². The van der Waals surface area contributed by atoms with E-state index in [0.29, 0.717) is 28.9 Å². The van der Waals surface area contributed by atoms with E-state index in [-0.39, 0.29) is 5.92 Å². The number of nitrogens with zero attached hydrogens (tertiary/aromatic N) is 7. The lowest BCUT2D eigenvalue weighted by atomic mass is 9.84. The van der Waals surface area contributed by atoms with Crippen molar-refractivity contribution < 1.29 is 9.47 Å². The van der Waals surface area contributed by atoms with E-state index in [9.17, 15) is 0 Å². The number of ether oxygens (including phenoxy) is 2. The molecule has 41 heavy (non-hydrogen) atoms. The molecule has 0 radical (unpaired) electrons. The SMILES string of the molecule is COc1ccc(C2c3c(C)nn(-c4ccccc4)c3Oc3ncn4nc(-c5ccc6ccccc6n5)nc4c32)cc1. The highest BCUT2D eigenvalue weighted by atomic mass is 16.5. The van der Waals surface area contributed by atoms with Crippen molar-refractivity contribution in [3.05, 3.63) is 120 Å². The molecule has 0 fully saturated rings. The van der Waals surface area contributed by atoms with Crippen molar-refractivity contribution in [2.45, 2.75) is 12.8 Å². The lowest BCUT2D eigenvalue weighted by molar-refractivity contribution is 0.402. The number of hydrogen-bond acceptors (Lipinski definition) is 7.